The molecule has 0 fully saturated rings. The maximum atomic E-state index is 12.2. The zero-order valence-corrected chi connectivity index (χ0v) is 15.3. The van der Waals surface area contributed by atoms with Gasteiger partial charge in [0, 0.05) is 12.1 Å². The molecule has 1 aromatic heterocycles. The monoisotopic (exact) mass is 423 g/mol. The minimum absolute atomic E-state index is 0.0197. The lowest BCUT2D eigenvalue weighted by Crippen LogP contribution is -2.25. The van der Waals surface area contributed by atoms with E-state index in [0.29, 0.717) is 15.9 Å². The van der Waals surface area contributed by atoms with Crippen LogP contribution in [-0.4, -0.2) is 40.9 Å². The van der Waals surface area contributed by atoms with Gasteiger partial charge in [-0.05, 0) is 39.7 Å². The summed E-state index contributed by atoms with van der Waals surface area (Å²) in [5, 5.41) is 19.4. The Hall–Kier alpha value is -3.07. The van der Waals surface area contributed by atoms with Crippen molar-refractivity contribution in [1.82, 2.24) is 4.57 Å². The first kappa shape index (κ1) is 19.3. The highest BCUT2D eigenvalue weighted by Gasteiger charge is 2.17. The fourth-order valence-electron chi connectivity index (χ4n) is 2.11. The predicted octanol–water partition coefficient (Wildman–Crippen LogP) is 2.17. The molecule has 2 N–H and O–H groups in total. The van der Waals surface area contributed by atoms with Gasteiger partial charge in [0.25, 0.3) is 5.91 Å². The lowest BCUT2D eigenvalue weighted by Gasteiger charge is -2.08. The van der Waals surface area contributed by atoms with E-state index in [0.717, 1.165) is 12.1 Å². The number of aromatic hydroxyl groups is 2. The molecule has 0 spiro atoms. The summed E-state index contributed by atoms with van der Waals surface area (Å²) in [6.07, 6.45) is 2.34. The molecule has 0 radical (unpaired) electrons. The maximum absolute atomic E-state index is 12.2. The van der Waals surface area contributed by atoms with Crippen LogP contribution in [0.3, 0.4) is 0 Å². The number of hydrogen-bond acceptors (Lipinski definition) is 7. The Labute approximate surface area is 156 Å². The minimum Gasteiger partial charge on any atom is -0.503 e. The van der Waals surface area contributed by atoms with E-state index in [2.05, 4.69) is 20.7 Å². The molecular weight excluding hydrogens is 410 g/mol. The van der Waals surface area contributed by atoms with E-state index >= 15 is 0 Å². The van der Waals surface area contributed by atoms with Gasteiger partial charge in [-0.3, -0.25) is 9.59 Å². The standard InChI is InChI=1S/C17H14BrNO7/c1-25-13-5-3-9(7-10(13)17(24)26-2)4-6-14(21)19-15(22)11(18)8-12(20)16(19)23/h3-8,20,22H,1-2H3/b6-4+. The molecule has 8 nitrogen and oxygen atoms in total. The summed E-state index contributed by atoms with van der Waals surface area (Å²) in [5.74, 6) is -2.55. The number of halogens is 1. The molecule has 0 bridgehead atoms. The Balaban J connectivity index is 2.41. The molecule has 0 aliphatic heterocycles. The van der Waals surface area contributed by atoms with Crippen molar-refractivity contribution >= 4 is 33.9 Å². The van der Waals surface area contributed by atoms with Crippen LogP contribution in [0.5, 0.6) is 17.4 Å². The van der Waals surface area contributed by atoms with Gasteiger partial charge in [0.15, 0.2) is 5.75 Å². The summed E-state index contributed by atoms with van der Waals surface area (Å²) >= 11 is 2.93. The summed E-state index contributed by atoms with van der Waals surface area (Å²) in [6.45, 7) is 0. The first-order valence-electron chi connectivity index (χ1n) is 7.12. The molecule has 1 aromatic carbocycles. The van der Waals surface area contributed by atoms with E-state index in [1.807, 2.05) is 0 Å². The van der Waals surface area contributed by atoms with Gasteiger partial charge in [-0.25, -0.2) is 9.36 Å². The largest absolute Gasteiger partial charge is 0.503 e. The van der Waals surface area contributed by atoms with E-state index < -0.39 is 29.1 Å². The van der Waals surface area contributed by atoms with Crippen molar-refractivity contribution in [1.29, 1.82) is 0 Å². The highest BCUT2D eigenvalue weighted by molar-refractivity contribution is 9.10. The number of methoxy groups -OCH3 is 2. The molecule has 0 amide bonds. The molecule has 0 aliphatic rings. The summed E-state index contributed by atoms with van der Waals surface area (Å²) in [7, 11) is 2.62. The number of pyridine rings is 1. The molecule has 0 aliphatic carbocycles. The minimum atomic E-state index is -1.06. The van der Waals surface area contributed by atoms with E-state index in [-0.39, 0.29) is 10.0 Å². The average Bonchev–Trinajstić information content (AvgIpc) is 2.64. The van der Waals surface area contributed by atoms with Crippen LogP contribution in [0, 0.1) is 0 Å². The molecule has 0 saturated heterocycles. The van der Waals surface area contributed by atoms with Gasteiger partial charge in [-0.1, -0.05) is 6.07 Å². The molecule has 26 heavy (non-hydrogen) atoms. The number of rotatable bonds is 4. The fourth-order valence-corrected chi connectivity index (χ4v) is 2.50. The summed E-state index contributed by atoms with van der Waals surface area (Å²) in [6, 6.07) is 5.52. The van der Waals surface area contributed by atoms with Crippen molar-refractivity contribution in [2.24, 2.45) is 0 Å². The van der Waals surface area contributed by atoms with Crippen LogP contribution in [0.25, 0.3) is 6.08 Å². The van der Waals surface area contributed by atoms with Crippen LogP contribution in [0.4, 0.5) is 0 Å². The molecule has 0 saturated carbocycles. The van der Waals surface area contributed by atoms with Gasteiger partial charge in [-0.15, -0.1) is 0 Å². The number of ether oxygens (including phenoxy) is 2. The van der Waals surface area contributed by atoms with Crippen molar-refractivity contribution in [3.63, 3.8) is 0 Å². The average molecular weight is 424 g/mol. The fraction of sp³-hybridized carbons (Fsp3) is 0.118. The van der Waals surface area contributed by atoms with Crippen LogP contribution >= 0.6 is 15.9 Å². The second kappa shape index (κ2) is 7.87. The number of allylic oxidation sites excluding steroid dienone is 1. The quantitative estimate of drug-likeness (QED) is 0.571. The Morgan fingerprint density at radius 1 is 1.19 bits per heavy atom. The van der Waals surface area contributed by atoms with Crippen LogP contribution in [-0.2, 0) is 4.74 Å². The number of nitrogens with zero attached hydrogens (tertiary/aromatic N) is 1. The van der Waals surface area contributed by atoms with Crippen LogP contribution in [0.1, 0.15) is 20.7 Å². The maximum Gasteiger partial charge on any atom is 0.341 e. The third-order valence-corrected chi connectivity index (χ3v) is 3.96. The number of aromatic nitrogens is 1. The van der Waals surface area contributed by atoms with Gasteiger partial charge >= 0.3 is 11.5 Å². The smallest absolute Gasteiger partial charge is 0.341 e. The first-order chi connectivity index (χ1) is 12.3. The van der Waals surface area contributed by atoms with Crippen LogP contribution in [0.2, 0.25) is 0 Å². The van der Waals surface area contributed by atoms with Crippen molar-refractivity contribution in [2.45, 2.75) is 0 Å². The second-order valence-corrected chi connectivity index (χ2v) is 5.82. The lowest BCUT2D eigenvalue weighted by atomic mass is 10.1. The van der Waals surface area contributed by atoms with Gasteiger partial charge in [0.05, 0.1) is 18.7 Å². The van der Waals surface area contributed by atoms with Crippen molar-refractivity contribution < 1.29 is 29.3 Å². The Morgan fingerprint density at radius 2 is 1.88 bits per heavy atom. The Morgan fingerprint density at radius 3 is 2.50 bits per heavy atom. The predicted molar refractivity (Wildman–Crippen MR) is 95.7 cm³/mol. The number of benzene rings is 1. The number of carbonyl (C=O) groups is 2. The highest BCUT2D eigenvalue weighted by Crippen LogP contribution is 2.25. The highest BCUT2D eigenvalue weighted by atomic mass is 79.9. The van der Waals surface area contributed by atoms with Crippen molar-refractivity contribution in [3.05, 3.63) is 56.3 Å². The van der Waals surface area contributed by atoms with Gasteiger partial charge < -0.3 is 19.7 Å². The Kier molecular flexibility index (Phi) is 5.83. The molecule has 0 atom stereocenters. The van der Waals surface area contributed by atoms with E-state index in [1.165, 1.54) is 32.4 Å². The van der Waals surface area contributed by atoms with E-state index in [4.69, 9.17) is 4.74 Å². The van der Waals surface area contributed by atoms with E-state index in [9.17, 15) is 24.6 Å². The Bertz CT molecular complexity index is 962. The molecule has 0 unspecified atom stereocenters. The third kappa shape index (κ3) is 3.77. The third-order valence-electron chi connectivity index (χ3n) is 3.38. The number of esters is 1. The second-order valence-electron chi connectivity index (χ2n) is 4.96. The molecule has 2 rings (SSSR count). The van der Waals surface area contributed by atoms with Gasteiger partial charge in [-0.2, -0.15) is 0 Å². The SMILES string of the molecule is COC(=O)c1cc(/C=C/C(=O)n2c(O)c(Br)cc(O)c2=O)ccc1OC. The zero-order valence-electron chi connectivity index (χ0n) is 13.7. The molecule has 9 heteroatoms. The molecule has 2 aromatic rings. The molecule has 136 valence electrons. The van der Waals surface area contributed by atoms with Crippen molar-refractivity contribution in [3.8, 4) is 17.4 Å². The first-order valence-corrected chi connectivity index (χ1v) is 7.91. The van der Waals surface area contributed by atoms with Crippen LogP contribution in [0.15, 0.2) is 39.6 Å². The summed E-state index contributed by atoms with van der Waals surface area (Å²) in [5.41, 5.74) is -0.457. The molecular formula is C17H14BrNO7. The zero-order chi connectivity index (χ0) is 19.4. The van der Waals surface area contributed by atoms with Crippen LogP contribution < -0.4 is 10.3 Å². The van der Waals surface area contributed by atoms with E-state index in [1.54, 1.807) is 6.07 Å². The lowest BCUT2D eigenvalue weighted by molar-refractivity contribution is 0.0597. The number of hydrogen-bond donors (Lipinski definition) is 2. The van der Waals surface area contributed by atoms with Crippen molar-refractivity contribution in [2.75, 3.05) is 14.2 Å². The topological polar surface area (TPSA) is 115 Å². The molecule has 1 heterocycles. The summed E-state index contributed by atoms with van der Waals surface area (Å²) in [4.78, 5) is 35.9. The summed E-state index contributed by atoms with van der Waals surface area (Å²) < 4.78 is 10.1. The number of carbonyl (C=O) groups excluding carboxylic acids is 2. The van der Waals surface area contributed by atoms with Gasteiger partial charge in [0.2, 0.25) is 5.88 Å². The van der Waals surface area contributed by atoms with Gasteiger partial charge in [0.1, 0.15) is 11.3 Å². The normalized spacial score (nSPS) is 10.7.